The molecular formula is C22H31N5O3+2. The summed E-state index contributed by atoms with van der Waals surface area (Å²) in [6, 6.07) is 14.5. The van der Waals surface area contributed by atoms with Gasteiger partial charge in [0.15, 0.2) is 0 Å². The van der Waals surface area contributed by atoms with Gasteiger partial charge in [-0.1, -0.05) is 18.2 Å². The van der Waals surface area contributed by atoms with E-state index in [1.54, 1.807) is 12.1 Å². The summed E-state index contributed by atoms with van der Waals surface area (Å²) in [6.07, 6.45) is 0. The van der Waals surface area contributed by atoms with Crippen LogP contribution in [0.2, 0.25) is 0 Å². The van der Waals surface area contributed by atoms with E-state index in [-0.39, 0.29) is 17.6 Å². The second kappa shape index (κ2) is 9.69. The van der Waals surface area contributed by atoms with Crippen LogP contribution in [0.1, 0.15) is 22.0 Å². The highest BCUT2D eigenvalue weighted by Gasteiger charge is 2.30. The topological polar surface area (TPSA) is 84.4 Å². The standard InChI is InChI=1S/C22H29N5O3/c1-24(2)19-9-7-17(8-10-19)21(26-13-11-25(3)12-14-26)16-23-22(28)18-5-4-6-20(15-18)27(29)30/h4-10,15,21H,11-14,16H2,1-3H3,(H,23,28)/p+2/t21-/m0/s1. The summed E-state index contributed by atoms with van der Waals surface area (Å²) < 4.78 is 0. The fourth-order valence-electron chi connectivity index (χ4n) is 3.91. The summed E-state index contributed by atoms with van der Waals surface area (Å²) in [5.74, 6) is -0.284. The molecule has 1 heterocycles. The van der Waals surface area contributed by atoms with E-state index in [4.69, 9.17) is 0 Å². The van der Waals surface area contributed by atoms with E-state index in [2.05, 4.69) is 41.5 Å². The fourth-order valence-corrected chi connectivity index (χ4v) is 3.91. The SMILES string of the molecule is CN(C)c1ccc([C@H](CNC(=O)c2cccc([N+](=O)[O-])c2)[NH+]2CC[NH+](C)CC2)cc1. The lowest BCUT2D eigenvalue weighted by Crippen LogP contribution is -3.27. The molecule has 160 valence electrons. The second-order valence-electron chi connectivity index (χ2n) is 8.17. The van der Waals surface area contributed by atoms with Crippen LogP contribution in [0.3, 0.4) is 0 Å². The van der Waals surface area contributed by atoms with Gasteiger partial charge in [0.1, 0.15) is 32.2 Å². The molecule has 0 aromatic heterocycles. The predicted octanol–water partition coefficient (Wildman–Crippen LogP) is -0.455. The lowest BCUT2D eigenvalue weighted by atomic mass is 10.0. The third-order valence-corrected chi connectivity index (χ3v) is 5.84. The van der Waals surface area contributed by atoms with E-state index in [1.807, 2.05) is 14.1 Å². The molecular weight excluding hydrogens is 382 g/mol. The minimum Gasteiger partial charge on any atom is -0.378 e. The van der Waals surface area contributed by atoms with Crippen LogP contribution in [0.5, 0.6) is 0 Å². The van der Waals surface area contributed by atoms with Crippen molar-refractivity contribution in [2.45, 2.75) is 6.04 Å². The molecule has 1 aliphatic rings. The molecule has 0 aliphatic carbocycles. The Morgan fingerprint density at radius 3 is 2.40 bits per heavy atom. The number of nitro benzene ring substituents is 1. The summed E-state index contributed by atoms with van der Waals surface area (Å²) in [5, 5.41) is 14.0. The number of likely N-dealkylation sites (N-methyl/N-ethyl adjacent to an activating group) is 1. The van der Waals surface area contributed by atoms with E-state index in [9.17, 15) is 14.9 Å². The molecule has 0 bridgehead atoms. The van der Waals surface area contributed by atoms with Crippen LogP contribution in [0.4, 0.5) is 11.4 Å². The van der Waals surface area contributed by atoms with Crippen LogP contribution in [0, 0.1) is 10.1 Å². The normalized spacial score (nSPS) is 19.7. The Bertz CT molecular complexity index is 877. The van der Waals surface area contributed by atoms with E-state index < -0.39 is 4.92 Å². The molecule has 1 atom stereocenters. The number of carbonyl (C=O) groups is 1. The van der Waals surface area contributed by atoms with Crippen LogP contribution in [0.15, 0.2) is 48.5 Å². The maximum absolute atomic E-state index is 12.7. The summed E-state index contributed by atoms with van der Waals surface area (Å²) in [5.41, 5.74) is 2.56. The number of quaternary nitrogens is 2. The number of hydrogen-bond acceptors (Lipinski definition) is 4. The van der Waals surface area contributed by atoms with Gasteiger partial charge in [0.05, 0.1) is 18.5 Å². The lowest BCUT2D eigenvalue weighted by molar-refractivity contribution is -1.02. The molecule has 0 spiro atoms. The van der Waals surface area contributed by atoms with Crippen molar-refractivity contribution in [3.63, 3.8) is 0 Å². The molecule has 0 unspecified atom stereocenters. The summed E-state index contributed by atoms with van der Waals surface area (Å²) in [7, 11) is 6.24. The Hall–Kier alpha value is -2.97. The van der Waals surface area contributed by atoms with Gasteiger partial charge in [0.25, 0.3) is 11.6 Å². The van der Waals surface area contributed by atoms with Crippen LogP contribution < -0.4 is 20.0 Å². The number of benzene rings is 2. The van der Waals surface area contributed by atoms with E-state index in [1.165, 1.54) is 27.5 Å². The Balaban J connectivity index is 1.76. The van der Waals surface area contributed by atoms with Crippen molar-refractivity contribution in [1.82, 2.24) is 5.32 Å². The molecule has 0 saturated carbocycles. The third kappa shape index (κ3) is 5.34. The molecule has 3 rings (SSSR count). The zero-order valence-electron chi connectivity index (χ0n) is 17.9. The third-order valence-electron chi connectivity index (χ3n) is 5.84. The maximum atomic E-state index is 12.7. The lowest BCUT2D eigenvalue weighted by Gasteiger charge is -2.33. The van der Waals surface area contributed by atoms with Crippen molar-refractivity contribution in [3.8, 4) is 0 Å². The van der Waals surface area contributed by atoms with Crippen molar-refractivity contribution < 1.29 is 19.5 Å². The first kappa shape index (κ1) is 21.7. The molecule has 2 aromatic rings. The van der Waals surface area contributed by atoms with E-state index in [0.29, 0.717) is 12.1 Å². The average molecular weight is 414 g/mol. The summed E-state index contributed by atoms with van der Waals surface area (Å²) in [6.45, 7) is 4.76. The molecule has 1 aliphatic heterocycles. The number of nitrogens with one attached hydrogen (secondary N) is 3. The fraction of sp³-hybridized carbons (Fsp3) is 0.409. The van der Waals surface area contributed by atoms with Gasteiger partial charge in [-0.2, -0.15) is 0 Å². The number of rotatable bonds is 7. The first-order valence-corrected chi connectivity index (χ1v) is 10.3. The van der Waals surface area contributed by atoms with Crippen LogP contribution in [0.25, 0.3) is 0 Å². The smallest absolute Gasteiger partial charge is 0.270 e. The molecule has 2 aromatic carbocycles. The highest BCUT2D eigenvalue weighted by molar-refractivity contribution is 5.94. The first-order valence-electron chi connectivity index (χ1n) is 10.3. The monoisotopic (exact) mass is 413 g/mol. The van der Waals surface area contributed by atoms with Crippen molar-refractivity contribution in [2.75, 3.05) is 58.8 Å². The number of amides is 1. The Labute approximate surface area is 177 Å². The largest absolute Gasteiger partial charge is 0.378 e. The molecule has 8 nitrogen and oxygen atoms in total. The second-order valence-corrected chi connectivity index (χ2v) is 8.17. The first-order chi connectivity index (χ1) is 14.3. The number of nitrogens with zero attached hydrogens (tertiary/aromatic N) is 2. The Morgan fingerprint density at radius 1 is 1.13 bits per heavy atom. The van der Waals surface area contributed by atoms with Crippen molar-refractivity contribution in [3.05, 3.63) is 69.8 Å². The number of piperazine rings is 1. The zero-order valence-corrected chi connectivity index (χ0v) is 17.9. The van der Waals surface area contributed by atoms with Gasteiger partial charge < -0.3 is 20.0 Å². The van der Waals surface area contributed by atoms with Gasteiger partial charge in [0.2, 0.25) is 0 Å². The molecule has 3 N–H and O–H groups in total. The molecule has 8 heteroatoms. The minimum absolute atomic E-state index is 0.0776. The summed E-state index contributed by atoms with van der Waals surface area (Å²) >= 11 is 0. The summed E-state index contributed by atoms with van der Waals surface area (Å²) in [4.78, 5) is 28.2. The molecule has 1 saturated heterocycles. The van der Waals surface area contributed by atoms with Crippen molar-refractivity contribution >= 4 is 17.3 Å². The van der Waals surface area contributed by atoms with Gasteiger partial charge in [-0.3, -0.25) is 14.9 Å². The number of carbonyl (C=O) groups excluding carboxylic acids is 1. The Kier molecular flexibility index (Phi) is 7.02. The minimum atomic E-state index is -0.484. The van der Waals surface area contributed by atoms with Gasteiger partial charge in [-0.15, -0.1) is 0 Å². The molecule has 1 fully saturated rings. The van der Waals surface area contributed by atoms with Crippen LogP contribution in [-0.2, 0) is 0 Å². The average Bonchev–Trinajstić information content (AvgIpc) is 2.75. The molecule has 1 amide bonds. The van der Waals surface area contributed by atoms with Gasteiger partial charge in [-0.25, -0.2) is 0 Å². The molecule has 0 radical (unpaired) electrons. The highest BCUT2D eigenvalue weighted by Crippen LogP contribution is 2.17. The van der Waals surface area contributed by atoms with Gasteiger partial charge in [0, 0.05) is 43.0 Å². The van der Waals surface area contributed by atoms with Crippen molar-refractivity contribution in [2.24, 2.45) is 0 Å². The zero-order chi connectivity index (χ0) is 21.7. The number of anilines is 1. The van der Waals surface area contributed by atoms with E-state index in [0.717, 1.165) is 31.9 Å². The van der Waals surface area contributed by atoms with E-state index >= 15 is 0 Å². The predicted molar refractivity (Wildman–Crippen MR) is 116 cm³/mol. The quantitative estimate of drug-likeness (QED) is 0.424. The van der Waals surface area contributed by atoms with Crippen LogP contribution in [-0.4, -0.2) is 64.7 Å². The maximum Gasteiger partial charge on any atom is 0.270 e. The molecule has 30 heavy (non-hydrogen) atoms. The van der Waals surface area contributed by atoms with Crippen LogP contribution >= 0.6 is 0 Å². The number of non-ortho nitro benzene ring substituents is 1. The van der Waals surface area contributed by atoms with Gasteiger partial charge >= 0.3 is 0 Å². The number of hydrogen-bond donors (Lipinski definition) is 3. The highest BCUT2D eigenvalue weighted by atomic mass is 16.6. The Morgan fingerprint density at radius 2 is 1.80 bits per heavy atom. The number of nitro groups is 1. The van der Waals surface area contributed by atoms with Gasteiger partial charge in [-0.05, 0) is 18.2 Å². The van der Waals surface area contributed by atoms with Crippen molar-refractivity contribution in [1.29, 1.82) is 0 Å².